The van der Waals surface area contributed by atoms with Crippen molar-refractivity contribution in [2.24, 2.45) is 0 Å². The summed E-state index contributed by atoms with van der Waals surface area (Å²) in [6, 6.07) is 13.5. The van der Waals surface area contributed by atoms with Gasteiger partial charge in [-0.15, -0.1) is 0 Å². The van der Waals surface area contributed by atoms with Crippen molar-refractivity contribution < 1.29 is 4.42 Å². The summed E-state index contributed by atoms with van der Waals surface area (Å²) >= 11 is 5.84. The molecule has 0 amide bonds. The highest BCUT2D eigenvalue weighted by Gasteiger charge is 2.05. The Labute approximate surface area is 116 Å². The molecule has 0 aliphatic rings. The lowest BCUT2D eigenvalue weighted by Gasteiger charge is -2.02. The second-order valence-electron chi connectivity index (χ2n) is 4.44. The largest absolute Gasteiger partial charge is 0.439 e. The molecule has 1 aromatic heterocycles. The summed E-state index contributed by atoms with van der Waals surface area (Å²) in [5.41, 5.74) is 3.87. The molecule has 3 aromatic rings. The third kappa shape index (κ3) is 2.71. The number of aromatic nitrogens is 1. The van der Waals surface area contributed by atoms with E-state index in [0.717, 1.165) is 21.8 Å². The Bertz CT molecular complexity index is 704. The van der Waals surface area contributed by atoms with E-state index in [1.165, 1.54) is 5.56 Å². The first-order valence-electron chi connectivity index (χ1n) is 6.06. The van der Waals surface area contributed by atoms with Crippen LogP contribution in [-0.4, -0.2) is 4.98 Å². The van der Waals surface area contributed by atoms with E-state index < -0.39 is 0 Å². The highest BCUT2D eigenvalue weighted by Crippen LogP contribution is 2.18. The van der Waals surface area contributed by atoms with Gasteiger partial charge in [-0.3, -0.25) is 0 Å². The molecule has 0 unspecified atom stereocenters. The van der Waals surface area contributed by atoms with E-state index in [2.05, 4.69) is 10.3 Å². The molecule has 0 aliphatic heterocycles. The summed E-state index contributed by atoms with van der Waals surface area (Å²) < 4.78 is 5.69. The van der Waals surface area contributed by atoms with Crippen molar-refractivity contribution in [1.29, 1.82) is 0 Å². The number of oxazole rings is 1. The highest BCUT2D eigenvalue weighted by atomic mass is 35.5. The summed E-state index contributed by atoms with van der Waals surface area (Å²) in [5, 5.41) is 3.97. The third-order valence-electron chi connectivity index (χ3n) is 2.88. The average Bonchev–Trinajstić information content (AvgIpc) is 2.80. The van der Waals surface area contributed by atoms with Gasteiger partial charge >= 0.3 is 0 Å². The number of halogens is 1. The lowest BCUT2D eigenvalue weighted by atomic mass is 10.2. The first-order valence-corrected chi connectivity index (χ1v) is 6.44. The number of nitrogens with zero attached hydrogens (tertiary/aromatic N) is 1. The first kappa shape index (κ1) is 12.1. The Balaban J connectivity index is 1.76. The molecule has 1 heterocycles. The Kier molecular flexibility index (Phi) is 3.13. The van der Waals surface area contributed by atoms with Crippen LogP contribution in [0.3, 0.4) is 0 Å². The van der Waals surface area contributed by atoms with Gasteiger partial charge in [0.1, 0.15) is 5.52 Å². The Morgan fingerprint density at radius 1 is 1.16 bits per heavy atom. The zero-order valence-corrected chi connectivity index (χ0v) is 11.2. The maximum atomic E-state index is 5.84. The van der Waals surface area contributed by atoms with Crippen molar-refractivity contribution >= 4 is 28.4 Å². The number of hydrogen-bond donors (Lipinski definition) is 1. The molecule has 19 heavy (non-hydrogen) atoms. The monoisotopic (exact) mass is 272 g/mol. The van der Waals surface area contributed by atoms with Gasteiger partial charge in [0.2, 0.25) is 5.89 Å². The topological polar surface area (TPSA) is 38.1 Å². The molecule has 96 valence electrons. The van der Waals surface area contributed by atoms with Gasteiger partial charge in [-0.1, -0.05) is 17.7 Å². The smallest absolute Gasteiger partial charge is 0.214 e. The van der Waals surface area contributed by atoms with Gasteiger partial charge in [-0.2, -0.15) is 0 Å². The minimum Gasteiger partial charge on any atom is -0.439 e. The molecular weight excluding hydrogens is 260 g/mol. The molecule has 0 bridgehead atoms. The summed E-state index contributed by atoms with van der Waals surface area (Å²) in [5.74, 6) is 0.676. The van der Waals surface area contributed by atoms with E-state index >= 15 is 0 Å². The molecule has 3 rings (SSSR count). The first-order chi connectivity index (χ1) is 9.20. The Morgan fingerprint density at radius 3 is 2.74 bits per heavy atom. The zero-order chi connectivity index (χ0) is 13.2. The van der Waals surface area contributed by atoms with Crippen molar-refractivity contribution in [2.75, 3.05) is 5.32 Å². The second kappa shape index (κ2) is 4.94. The van der Waals surface area contributed by atoms with Crippen molar-refractivity contribution in [1.82, 2.24) is 4.98 Å². The van der Waals surface area contributed by atoms with Crippen LogP contribution in [-0.2, 0) is 6.54 Å². The van der Waals surface area contributed by atoms with E-state index in [1.54, 1.807) is 0 Å². The molecule has 0 spiro atoms. The molecule has 0 saturated carbocycles. The summed E-state index contributed by atoms with van der Waals surface area (Å²) in [6.07, 6.45) is 0. The van der Waals surface area contributed by atoms with Crippen LogP contribution < -0.4 is 5.32 Å². The maximum Gasteiger partial charge on any atom is 0.214 e. The Morgan fingerprint density at radius 2 is 1.95 bits per heavy atom. The van der Waals surface area contributed by atoms with E-state index in [9.17, 15) is 0 Å². The van der Waals surface area contributed by atoms with Crippen LogP contribution in [0.15, 0.2) is 46.9 Å². The number of rotatable bonds is 3. The lowest BCUT2D eigenvalue weighted by molar-refractivity contribution is 0.540. The van der Waals surface area contributed by atoms with Gasteiger partial charge in [-0.25, -0.2) is 4.98 Å². The molecule has 1 N–H and O–H groups in total. The molecule has 0 saturated heterocycles. The second-order valence-corrected chi connectivity index (χ2v) is 4.88. The number of nitrogens with one attached hydrogen (secondary N) is 1. The number of benzene rings is 2. The fraction of sp³-hybridized carbons (Fsp3) is 0.133. The van der Waals surface area contributed by atoms with Crippen LogP contribution in [0.1, 0.15) is 11.5 Å². The quantitative estimate of drug-likeness (QED) is 0.768. The van der Waals surface area contributed by atoms with E-state index in [4.69, 9.17) is 16.0 Å². The zero-order valence-electron chi connectivity index (χ0n) is 10.5. The molecule has 0 aliphatic carbocycles. The van der Waals surface area contributed by atoms with Gasteiger partial charge in [0.15, 0.2) is 5.58 Å². The van der Waals surface area contributed by atoms with Crippen LogP contribution in [0.2, 0.25) is 5.02 Å². The number of anilines is 1. The molecule has 4 heteroatoms. The SMILES string of the molecule is Cc1ccc2nc(CNc3ccc(Cl)cc3)oc2c1. The van der Waals surface area contributed by atoms with E-state index in [-0.39, 0.29) is 0 Å². The summed E-state index contributed by atoms with van der Waals surface area (Å²) in [4.78, 5) is 4.43. The van der Waals surface area contributed by atoms with Crippen LogP contribution >= 0.6 is 11.6 Å². The average molecular weight is 273 g/mol. The summed E-state index contributed by atoms with van der Waals surface area (Å²) in [6.45, 7) is 2.59. The van der Waals surface area contributed by atoms with Crippen LogP contribution in [0.25, 0.3) is 11.1 Å². The fourth-order valence-electron chi connectivity index (χ4n) is 1.90. The van der Waals surface area contributed by atoms with Crippen molar-refractivity contribution in [3.8, 4) is 0 Å². The predicted octanol–water partition coefficient (Wildman–Crippen LogP) is 4.40. The van der Waals surface area contributed by atoms with E-state index in [0.29, 0.717) is 12.4 Å². The van der Waals surface area contributed by atoms with Crippen molar-refractivity contribution in [2.45, 2.75) is 13.5 Å². The van der Waals surface area contributed by atoms with Crippen LogP contribution in [0, 0.1) is 6.92 Å². The molecule has 0 fully saturated rings. The van der Waals surface area contributed by atoms with Gasteiger partial charge in [-0.05, 0) is 48.9 Å². The van der Waals surface area contributed by atoms with Crippen molar-refractivity contribution in [3.05, 3.63) is 58.9 Å². The minimum absolute atomic E-state index is 0.551. The van der Waals surface area contributed by atoms with Gasteiger partial charge in [0.25, 0.3) is 0 Å². The van der Waals surface area contributed by atoms with Crippen LogP contribution in [0.5, 0.6) is 0 Å². The van der Waals surface area contributed by atoms with E-state index in [1.807, 2.05) is 49.4 Å². The molecule has 0 radical (unpaired) electrons. The standard InChI is InChI=1S/C15H13ClN2O/c1-10-2-7-13-14(8-10)19-15(18-13)9-17-12-5-3-11(16)4-6-12/h2-8,17H,9H2,1H3. The predicted molar refractivity (Wildman–Crippen MR) is 77.5 cm³/mol. The lowest BCUT2D eigenvalue weighted by Crippen LogP contribution is -1.98. The number of hydrogen-bond acceptors (Lipinski definition) is 3. The highest BCUT2D eigenvalue weighted by molar-refractivity contribution is 6.30. The van der Waals surface area contributed by atoms with Gasteiger partial charge in [0.05, 0.1) is 6.54 Å². The molecule has 0 atom stereocenters. The van der Waals surface area contributed by atoms with Crippen LogP contribution in [0.4, 0.5) is 5.69 Å². The van der Waals surface area contributed by atoms with Crippen molar-refractivity contribution in [3.63, 3.8) is 0 Å². The number of aryl methyl sites for hydroxylation is 1. The number of fused-ring (bicyclic) bond motifs is 1. The maximum absolute atomic E-state index is 5.84. The molecule has 2 aromatic carbocycles. The minimum atomic E-state index is 0.551. The third-order valence-corrected chi connectivity index (χ3v) is 3.13. The summed E-state index contributed by atoms with van der Waals surface area (Å²) in [7, 11) is 0. The molecule has 3 nitrogen and oxygen atoms in total. The normalized spacial score (nSPS) is 10.8. The Hall–Kier alpha value is -2.00. The van der Waals surface area contributed by atoms with Gasteiger partial charge in [0, 0.05) is 10.7 Å². The fourth-order valence-corrected chi connectivity index (χ4v) is 2.03. The molecular formula is C15H13ClN2O. The van der Waals surface area contributed by atoms with Gasteiger partial charge < -0.3 is 9.73 Å².